The summed E-state index contributed by atoms with van der Waals surface area (Å²) in [5.74, 6) is 0.169. The van der Waals surface area contributed by atoms with Gasteiger partial charge in [0.05, 0.1) is 12.2 Å². The number of nitrogens with one attached hydrogen (secondary N) is 2. The van der Waals surface area contributed by atoms with Crippen LogP contribution >= 0.6 is 0 Å². The van der Waals surface area contributed by atoms with Crippen LogP contribution in [-0.4, -0.2) is 22.4 Å². The third kappa shape index (κ3) is 4.40. The molecule has 2 rings (SSSR count). The highest BCUT2D eigenvalue weighted by Crippen LogP contribution is 2.07. The first-order valence-corrected chi connectivity index (χ1v) is 6.18. The van der Waals surface area contributed by atoms with E-state index in [0.717, 1.165) is 5.69 Å². The first-order chi connectivity index (χ1) is 9.63. The van der Waals surface area contributed by atoms with Crippen LogP contribution < -0.4 is 10.6 Å². The van der Waals surface area contributed by atoms with Crippen molar-refractivity contribution in [1.82, 2.24) is 15.3 Å². The average Bonchev–Trinajstić information content (AvgIpc) is 2.41. The van der Waals surface area contributed by atoms with Gasteiger partial charge in [-0.25, -0.2) is 14.4 Å². The number of benzene rings is 1. The highest BCUT2D eigenvalue weighted by Gasteiger charge is 2.03. The van der Waals surface area contributed by atoms with Gasteiger partial charge in [0.15, 0.2) is 0 Å². The van der Waals surface area contributed by atoms with E-state index in [1.54, 1.807) is 12.3 Å². The van der Waals surface area contributed by atoms with E-state index in [0.29, 0.717) is 18.1 Å². The minimum atomic E-state index is -0.333. The van der Waals surface area contributed by atoms with Gasteiger partial charge < -0.3 is 10.6 Å². The number of hydrogen-bond donors (Lipinski definition) is 2. The first-order valence-electron chi connectivity index (χ1n) is 6.18. The fourth-order valence-electron chi connectivity index (χ4n) is 1.65. The Kier molecular flexibility index (Phi) is 4.73. The molecule has 0 aliphatic carbocycles. The molecular weight excluding hydrogens is 259 g/mol. The van der Waals surface area contributed by atoms with E-state index in [4.69, 9.17) is 0 Å². The molecule has 1 amide bonds. The number of nitrogens with zero attached hydrogens (tertiary/aromatic N) is 2. The summed E-state index contributed by atoms with van der Waals surface area (Å²) in [5.41, 5.74) is 1.39. The summed E-state index contributed by atoms with van der Waals surface area (Å²) in [4.78, 5) is 19.9. The smallest absolute Gasteiger partial charge is 0.238 e. The van der Waals surface area contributed by atoms with Crippen LogP contribution in [0.4, 0.5) is 10.1 Å². The Hall–Kier alpha value is -2.34. The topological polar surface area (TPSA) is 66.9 Å². The van der Waals surface area contributed by atoms with Crippen LogP contribution in [0, 0.1) is 12.7 Å². The molecule has 104 valence electrons. The van der Waals surface area contributed by atoms with Crippen LogP contribution in [0.1, 0.15) is 11.5 Å². The molecule has 1 aromatic carbocycles. The number of anilines is 1. The van der Waals surface area contributed by atoms with E-state index in [1.807, 2.05) is 6.92 Å². The van der Waals surface area contributed by atoms with Gasteiger partial charge in [-0.15, -0.1) is 0 Å². The highest BCUT2D eigenvalue weighted by atomic mass is 19.1. The lowest BCUT2D eigenvalue weighted by molar-refractivity contribution is -0.115. The van der Waals surface area contributed by atoms with Crippen LogP contribution in [0.2, 0.25) is 0 Å². The maximum Gasteiger partial charge on any atom is 0.238 e. The molecule has 0 atom stereocenters. The summed E-state index contributed by atoms with van der Waals surface area (Å²) in [6.45, 7) is 2.45. The molecule has 2 N–H and O–H groups in total. The molecule has 0 aliphatic heterocycles. The summed E-state index contributed by atoms with van der Waals surface area (Å²) in [6.07, 6.45) is 1.68. The Morgan fingerprint density at radius 2 is 2.00 bits per heavy atom. The molecule has 0 bridgehead atoms. The second-order valence-electron chi connectivity index (χ2n) is 4.25. The Morgan fingerprint density at radius 1 is 1.25 bits per heavy atom. The van der Waals surface area contributed by atoms with Crippen molar-refractivity contribution in [1.29, 1.82) is 0 Å². The van der Waals surface area contributed by atoms with Gasteiger partial charge in [-0.3, -0.25) is 4.79 Å². The van der Waals surface area contributed by atoms with Gasteiger partial charge in [0.2, 0.25) is 5.91 Å². The fourth-order valence-corrected chi connectivity index (χ4v) is 1.65. The van der Waals surface area contributed by atoms with Gasteiger partial charge in [0, 0.05) is 18.4 Å². The number of halogens is 1. The lowest BCUT2D eigenvalue weighted by atomic mass is 10.3. The molecule has 2 aromatic rings. The van der Waals surface area contributed by atoms with E-state index in [9.17, 15) is 9.18 Å². The fraction of sp³-hybridized carbons (Fsp3) is 0.214. The quantitative estimate of drug-likeness (QED) is 0.870. The van der Waals surface area contributed by atoms with Gasteiger partial charge in [-0.05, 0) is 37.3 Å². The molecule has 0 unspecified atom stereocenters. The molecule has 0 radical (unpaired) electrons. The van der Waals surface area contributed by atoms with Crippen molar-refractivity contribution >= 4 is 11.6 Å². The monoisotopic (exact) mass is 274 g/mol. The zero-order valence-electron chi connectivity index (χ0n) is 11.1. The van der Waals surface area contributed by atoms with E-state index in [-0.39, 0.29) is 18.3 Å². The molecule has 20 heavy (non-hydrogen) atoms. The first kappa shape index (κ1) is 14.1. The minimum absolute atomic E-state index is 0.153. The molecule has 5 nitrogen and oxygen atoms in total. The molecule has 0 saturated carbocycles. The van der Waals surface area contributed by atoms with Crippen molar-refractivity contribution in [2.75, 3.05) is 11.9 Å². The number of aromatic nitrogens is 2. The van der Waals surface area contributed by atoms with Crippen molar-refractivity contribution in [3.63, 3.8) is 0 Å². The van der Waals surface area contributed by atoms with Crippen LogP contribution in [0.3, 0.4) is 0 Å². The predicted octanol–water partition coefficient (Wildman–Crippen LogP) is 1.65. The molecule has 0 aliphatic rings. The van der Waals surface area contributed by atoms with Crippen molar-refractivity contribution in [3.05, 3.63) is 53.9 Å². The lowest BCUT2D eigenvalue weighted by Crippen LogP contribution is -2.28. The van der Waals surface area contributed by atoms with Gasteiger partial charge >= 0.3 is 0 Å². The maximum absolute atomic E-state index is 12.7. The number of amides is 1. The summed E-state index contributed by atoms with van der Waals surface area (Å²) >= 11 is 0. The lowest BCUT2D eigenvalue weighted by Gasteiger charge is -2.06. The average molecular weight is 274 g/mol. The van der Waals surface area contributed by atoms with E-state index in [2.05, 4.69) is 20.6 Å². The Balaban J connectivity index is 1.76. The molecule has 0 spiro atoms. The zero-order valence-corrected chi connectivity index (χ0v) is 11.1. The van der Waals surface area contributed by atoms with Crippen LogP contribution in [0.25, 0.3) is 0 Å². The molecule has 0 saturated heterocycles. The largest absolute Gasteiger partial charge is 0.325 e. The third-order valence-corrected chi connectivity index (χ3v) is 2.55. The minimum Gasteiger partial charge on any atom is -0.325 e. The summed E-state index contributed by atoms with van der Waals surface area (Å²) in [7, 11) is 0. The van der Waals surface area contributed by atoms with E-state index in [1.165, 1.54) is 24.3 Å². The van der Waals surface area contributed by atoms with E-state index >= 15 is 0 Å². The Morgan fingerprint density at radius 3 is 2.70 bits per heavy atom. The Bertz CT molecular complexity index is 586. The van der Waals surface area contributed by atoms with Crippen molar-refractivity contribution in [2.24, 2.45) is 0 Å². The summed E-state index contributed by atoms with van der Waals surface area (Å²) in [6, 6.07) is 7.42. The molecule has 0 fully saturated rings. The summed E-state index contributed by atoms with van der Waals surface area (Å²) in [5, 5.41) is 5.65. The van der Waals surface area contributed by atoms with Gasteiger partial charge in [-0.1, -0.05) is 0 Å². The predicted molar refractivity (Wildman–Crippen MR) is 73.5 cm³/mol. The van der Waals surface area contributed by atoms with Crippen LogP contribution in [0.15, 0.2) is 36.5 Å². The normalized spacial score (nSPS) is 10.3. The van der Waals surface area contributed by atoms with Gasteiger partial charge in [-0.2, -0.15) is 0 Å². The molecule has 1 heterocycles. The SMILES string of the molecule is Cc1nccc(CNCC(=O)Nc2ccc(F)cc2)n1. The molecule has 1 aromatic heterocycles. The number of carbonyl (C=O) groups excluding carboxylic acids is 1. The second-order valence-corrected chi connectivity index (χ2v) is 4.25. The standard InChI is InChI=1S/C14H15FN4O/c1-10-17-7-6-13(18-10)8-16-9-14(20)19-12-4-2-11(15)3-5-12/h2-7,16H,8-9H2,1H3,(H,19,20). The van der Waals surface area contributed by atoms with Crippen LogP contribution in [-0.2, 0) is 11.3 Å². The van der Waals surface area contributed by atoms with Crippen molar-refractivity contribution < 1.29 is 9.18 Å². The molecule has 6 heteroatoms. The van der Waals surface area contributed by atoms with Crippen LogP contribution in [0.5, 0.6) is 0 Å². The third-order valence-electron chi connectivity index (χ3n) is 2.55. The van der Waals surface area contributed by atoms with E-state index < -0.39 is 0 Å². The Labute approximate surface area is 116 Å². The number of aryl methyl sites for hydroxylation is 1. The summed E-state index contributed by atoms with van der Waals surface area (Å²) < 4.78 is 12.7. The molecular formula is C14H15FN4O. The van der Waals surface area contributed by atoms with Gasteiger partial charge in [0.25, 0.3) is 0 Å². The maximum atomic E-state index is 12.7. The number of carbonyl (C=O) groups is 1. The van der Waals surface area contributed by atoms with Crippen molar-refractivity contribution in [2.45, 2.75) is 13.5 Å². The zero-order chi connectivity index (χ0) is 14.4. The number of hydrogen-bond acceptors (Lipinski definition) is 4. The number of rotatable bonds is 5. The second kappa shape index (κ2) is 6.72. The highest BCUT2D eigenvalue weighted by molar-refractivity contribution is 5.92. The van der Waals surface area contributed by atoms with Gasteiger partial charge in [0.1, 0.15) is 11.6 Å². The van der Waals surface area contributed by atoms with Crippen molar-refractivity contribution in [3.8, 4) is 0 Å².